The first kappa shape index (κ1) is 21.8. The van der Waals surface area contributed by atoms with Crippen LogP contribution in [-0.4, -0.2) is 36.4 Å². The van der Waals surface area contributed by atoms with Crippen molar-refractivity contribution < 1.29 is 9.22 Å². The summed E-state index contributed by atoms with van der Waals surface area (Å²) in [5.41, 5.74) is 0.877. The summed E-state index contributed by atoms with van der Waals surface area (Å²) in [6.07, 6.45) is 2.40. The topological polar surface area (TPSA) is 41.6 Å². The number of carbonyl (C=O) groups is 1. The molecule has 0 bridgehead atoms. The Morgan fingerprint density at radius 1 is 1.37 bits per heavy atom. The summed E-state index contributed by atoms with van der Waals surface area (Å²) in [4.78, 5) is 14.6. The minimum atomic E-state index is -1.95. The molecule has 1 heterocycles. The van der Waals surface area contributed by atoms with Gasteiger partial charge in [0.1, 0.15) is 0 Å². The maximum atomic E-state index is 13.0. The van der Waals surface area contributed by atoms with Gasteiger partial charge in [-0.05, 0) is 55.8 Å². The van der Waals surface area contributed by atoms with Crippen LogP contribution in [-0.2, 0) is 9.22 Å². The van der Waals surface area contributed by atoms with Crippen molar-refractivity contribution in [1.29, 1.82) is 0 Å². The van der Waals surface area contributed by atoms with Crippen molar-refractivity contribution in [2.75, 3.05) is 5.32 Å². The number of hydrogen-bond donors (Lipinski definition) is 1. The van der Waals surface area contributed by atoms with Gasteiger partial charge in [0.25, 0.3) is 0 Å². The highest BCUT2D eigenvalue weighted by Gasteiger charge is 2.53. The van der Waals surface area contributed by atoms with Crippen LogP contribution in [0.3, 0.4) is 0 Å². The lowest BCUT2D eigenvalue weighted by molar-refractivity contribution is -0.153. The molecule has 6 heteroatoms. The molecule has 1 aliphatic rings. The Balaban J connectivity index is 2.12. The summed E-state index contributed by atoms with van der Waals surface area (Å²) in [5.74, 6) is -0.158. The molecule has 1 fully saturated rings. The lowest BCUT2D eigenvalue weighted by Crippen LogP contribution is -2.67. The van der Waals surface area contributed by atoms with Crippen LogP contribution >= 0.6 is 12.2 Å². The van der Waals surface area contributed by atoms with Gasteiger partial charge in [-0.2, -0.15) is 0 Å². The van der Waals surface area contributed by atoms with Gasteiger partial charge in [0, 0.05) is 5.69 Å². The van der Waals surface area contributed by atoms with Gasteiger partial charge in [0.05, 0.1) is 18.1 Å². The molecule has 2 rings (SSSR count). The Morgan fingerprint density at radius 3 is 2.48 bits per heavy atom. The molecule has 4 nitrogen and oxygen atoms in total. The zero-order valence-corrected chi connectivity index (χ0v) is 19.1. The smallest absolute Gasteiger partial charge is 0.236 e. The lowest BCUT2D eigenvalue weighted by Gasteiger charge is -2.51. The van der Waals surface area contributed by atoms with Crippen LogP contribution in [0.2, 0.25) is 18.1 Å². The summed E-state index contributed by atoms with van der Waals surface area (Å²) < 4.78 is 6.49. The molecular formula is C21H32N2O2SSi. The summed E-state index contributed by atoms with van der Waals surface area (Å²) in [6.45, 7) is 16.9. The number of β-lactam (4-membered cyclic amide) rings is 1. The van der Waals surface area contributed by atoms with Crippen molar-refractivity contribution in [3.63, 3.8) is 0 Å². The van der Waals surface area contributed by atoms with Crippen LogP contribution in [0.5, 0.6) is 0 Å². The Kier molecular flexibility index (Phi) is 6.66. The van der Waals surface area contributed by atoms with Gasteiger partial charge in [-0.15, -0.1) is 6.58 Å². The third kappa shape index (κ3) is 4.68. The fraction of sp³-hybridized carbons (Fsp3) is 0.524. The normalized spacial score (nSPS) is 21.4. The van der Waals surface area contributed by atoms with E-state index in [0.717, 1.165) is 5.69 Å². The Bertz CT molecular complexity index is 700. The van der Waals surface area contributed by atoms with E-state index in [1.807, 2.05) is 43.3 Å². The standard InChI is InChI=1S/C21H32N2O2SSi/c1-8-12-17-18(15(2)25-27(6,7)21(3,4)5)19(24)23(17)20(26)22-16-13-10-9-11-14-16/h8-11,13-15,17-18H,1,12H2,2-7H3,(H,22,26)/t15-,17-,18-/m1/s1. The van der Waals surface area contributed by atoms with Crippen molar-refractivity contribution in [2.45, 2.75) is 64.4 Å². The van der Waals surface area contributed by atoms with Crippen molar-refractivity contribution >= 4 is 37.2 Å². The van der Waals surface area contributed by atoms with E-state index in [1.54, 1.807) is 4.90 Å². The van der Waals surface area contributed by atoms with Gasteiger partial charge in [-0.25, -0.2) is 0 Å². The maximum Gasteiger partial charge on any atom is 0.236 e. The highest BCUT2D eigenvalue weighted by molar-refractivity contribution is 7.80. The molecule has 27 heavy (non-hydrogen) atoms. The number of hydrogen-bond acceptors (Lipinski definition) is 3. The van der Waals surface area contributed by atoms with E-state index in [2.05, 4.69) is 45.8 Å². The van der Waals surface area contributed by atoms with E-state index < -0.39 is 8.32 Å². The van der Waals surface area contributed by atoms with Crippen LogP contribution in [0.25, 0.3) is 0 Å². The largest absolute Gasteiger partial charge is 0.413 e. The second kappa shape index (κ2) is 8.25. The number of rotatable bonds is 6. The SMILES string of the molecule is C=CC[C@@H]1[C@@H]([C@@H](C)O[Si](C)(C)C(C)(C)C)C(=O)N1C(=S)Nc1ccccc1. The predicted molar refractivity (Wildman–Crippen MR) is 119 cm³/mol. The second-order valence-corrected chi connectivity index (χ2v) is 13.8. The Hall–Kier alpha value is -1.50. The van der Waals surface area contributed by atoms with E-state index in [4.69, 9.17) is 16.6 Å². The molecule has 0 radical (unpaired) electrons. The van der Waals surface area contributed by atoms with Crippen LogP contribution in [0.15, 0.2) is 43.0 Å². The fourth-order valence-corrected chi connectivity index (χ4v) is 4.95. The van der Waals surface area contributed by atoms with Gasteiger partial charge in [0.15, 0.2) is 13.4 Å². The summed E-state index contributed by atoms with van der Waals surface area (Å²) >= 11 is 5.51. The number of carbonyl (C=O) groups excluding carboxylic acids is 1. The molecule has 0 aromatic heterocycles. The van der Waals surface area contributed by atoms with Crippen molar-refractivity contribution in [3.05, 3.63) is 43.0 Å². The van der Waals surface area contributed by atoms with Crippen LogP contribution in [0.1, 0.15) is 34.1 Å². The number of benzene rings is 1. The highest BCUT2D eigenvalue weighted by Crippen LogP contribution is 2.41. The van der Waals surface area contributed by atoms with E-state index in [1.165, 1.54) is 0 Å². The molecule has 0 unspecified atom stereocenters. The van der Waals surface area contributed by atoms with Crippen LogP contribution < -0.4 is 5.32 Å². The quantitative estimate of drug-likeness (QED) is 0.306. The number of nitrogens with one attached hydrogen (secondary N) is 1. The molecular weight excluding hydrogens is 372 g/mol. The maximum absolute atomic E-state index is 13.0. The van der Waals surface area contributed by atoms with Gasteiger partial charge in [-0.1, -0.05) is 45.0 Å². The third-order valence-electron chi connectivity index (χ3n) is 5.71. The number of thiocarbonyl (C=S) groups is 1. The first-order chi connectivity index (χ1) is 12.5. The minimum absolute atomic E-state index is 0.0153. The zero-order valence-electron chi connectivity index (χ0n) is 17.3. The van der Waals surface area contributed by atoms with E-state index in [0.29, 0.717) is 11.5 Å². The van der Waals surface area contributed by atoms with Crippen molar-refractivity contribution in [1.82, 2.24) is 4.90 Å². The monoisotopic (exact) mass is 404 g/mol. The molecule has 0 saturated carbocycles. The molecule has 1 aliphatic heterocycles. The Morgan fingerprint density at radius 2 is 1.96 bits per heavy atom. The zero-order chi connectivity index (χ0) is 20.4. The minimum Gasteiger partial charge on any atom is -0.413 e. The number of para-hydroxylation sites is 1. The molecule has 148 valence electrons. The number of nitrogens with zero attached hydrogens (tertiary/aromatic N) is 1. The first-order valence-corrected chi connectivity index (χ1v) is 12.8. The number of likely N-dealkylation sites (tertiary alicyclic amines) is 1. The fourth-order valence-electron chi connectivity index (χ4n) is 3.17. The average Bonchev–Trinajstić information content (AvgIpc) is 2.53. The number of amides is 1. The van der Waals surface area contributed by atoms with Gasteiger partial charge >= 0.3 is 0 Å². The van der Waals surface area contributed by atoms with E-state index in [9.17, 15) is 4.79 Å². The second-order valence-electron chi connectivity index (χ2n) is 8.71. The average molecular weight is 405 g/mol. The number of anilines is 1. The molecule has 1 saturated heterocycles. The van der Waals surface area contributed by atoms with Crippen molar-refractivity contribution in [2.24, 2.45) is 5.92 Å². The van der Waals surface area contributed by atoms with Gasteiger partial charge < -0.3 is 9.74 Å². The summed E-state index contributed by atoms with van der Waals surface area (Å²) in [7, 11) is -1.95. The van der Waals surface area contributed by atoms with E-state index in [-0.39, 0.29) is 29.0 Å². The van der Waals surface area contributed by atoms with Crippen molar-refractivity contribution in [3.8, 4) is 0 Å². The van der Waals surface area contributed by atoms with E-state index >= 15 is 0 Å². The summed E-state index contributed by atoms with van der Waals surface area (Å²) in [6, 6.07) is 9.65. The van der Waals surface area contributed by atoms with Gasteiger partial charge in [0.2, 0.25) is 5.91 Å². The summed E-state index contributed by atoms with van der Waals surface area (Å²) in [5, 5.41) is 3.71. The molecule has 0 aliphatic carbocycles. The molecule has 3 atom stereocenters. The Labute approximate surface area is 170 Å². The molecule has 1 aromatic rings. The predicted octanol–water partition coefficient (Wildman–Crippen LogP) is 5.20. The molecule has 1 amide bonds. The molecule has 1 N–H and O–H groups in total. The first-order valence-electron chi connectivity index (χ1n) is 9.47. The molecule has 0 spiro atoms. The third-order valence-corrected chi connectivity index (χ3v) is 10.6. The van der Waals surface area contributed by atoms with Crippen LogP contribution in [0, 0.1) is 5.92 Å². The lowest BCUT2D eigenvalue weighted by atomic mass is 9.82. The van der Waals surface area contributed by atoms with Gasteiger partial charge in [-0.3, -0.25) is 9.69 Å². The highest BCUT2D eigenvalue weighted by atomic mass is 32.1. The van der Waals surface area contributed by atoms with Crippen LogP contribution in [0.4, 0.5) is 5.69 Å². The molecule has 1 aromatic carbocycles.